The minimum Gasteiger partial charge on any atom is -0.360 e. The number of carbonyl (C=O) groups is 1. The molecule has 0 bridgehead atoms. The lowest BCUT2D eigenvalue weighted by atomic mass is 9.99. The van der Waals surface area contributed by atoms with Crippen molar-refractivity contribution in [2.75, 3.05) is 6.54 Å². The highest BCUT2D eigenvalue weighted by Crippen LogP contribution is 2.19. The van der Waals surface area contributed by atoms with Crippen LogP contribution < -0.4 is 5.32 Å². The van der Waals surface area contributed by atoms with Gasteiger partial charge in [-0.15, -0.1) is 0 Å². The fraction of sp³-hybridized carbons (Fsp3) is 0.533. The SMILES string of the molecule is CCc1onc(C)c1C(=O)NC[C@H]1CCc2nccn2C1. The molecular weight excluding hydrogens is 268 g/mol. The Kier molecular flexibility index (Phi) is 3.77. The summed E-state index contributed by atoms with van der Waals surface area (Å²) in [4.78, 5) is 16.6. The number of hydrogen-bond donors (Lipinski definition) is 1. The summed E-state index contributed by atoms with van der Waals surface area (Å²) < 4.78 is 7.34. The predicted octanol–water partition coefficient (Wildman–Crippen LogP) is 1.73. The Morgan fingerprint density at radius 2 is 2.43 bits per heavy atom. The van der Waals surface area contributed by atoms with Crippen LogP contribution >= 0.6 is 0 Å². The molecule has 1 atom stereocenters. The van der Waals surface area contributed by atoms with Crippen molar-refractivity contribution >= 4 is 5.91 Å². The molecule has 112 valence electrons. The Bertz CT molecular complexity index is 644. The maximum atomic E-state index is 12.3. The summed E-state index contributed by atoms with van der Waals surface area (Å²) in [5.41, 5.74) is 1.25. The monoisotopic (exact) mass is 288 g/mol. The summed E-state index contributed by atoms with van der Waals surface area (Å²) in [6.07, 6.45) is 6.54. The van der Waals surface area contributed by atoms with Gasteiger partial charge < -0.3 is 14.4 Å². The van der Waals surface area contributed by atoms with Crippen molar-refractivity contribution in [1.82, 2.24) is 20.0 Å². The van der Waals surface area contributed by atoms with Gasteiger partial charge in [-0.05, 0) is 19.3 Å². The van der Waals surface area contributed by atoms with Gasteiger partial charge in [0, 0.05) is 38.3 Å². The number of carbonyl (C=O) groups excluding carboxylic acids is 1. The van der Waals surface area contributed by atoms with Crippen LogP contribution in [0.4, 0.5) is 0 Å². The standard InChI is InChI=1S/C15H20N4O2/c1-3-12-14(10(2)18-21-12)15(20)17-8-11-4-5-13-16-6-7-19(13)9-11/h6-7,11H,3-5,8-9H2,1-2H3,(H,17,20)/t11-/m1/s1. The number of imidazole rings is 1. The second-order valence-corrected chi connectivity index (χ2v) is 5.53. The van der Waals surface area contributed by atoms with Crippen molar-refractivity contribution < 1.29 is 9.32 Å². The zero-order valence-corrected chi connectivity index (χ0v) is 12.4. The molecule has 0 spiro atoms. The van der Waals surface area contributed by atoms with Crippen LogP contribution in [0.25, 0.3) is 0 Å². The van der Waals surface area contributed by atoms with Gasteiger partial charge in [-0.3, -0.25) is 4.79 Å². The lowest BCUT2D eigenvalue weighted by Crippen LogP contribution is -2.34. The molecule has 0 saturated carbocycles. The van der Waals surface area contributed by atoms with Gasteiger partial charge in [-0.2, -0.15) is 0 Å². The normalized spacial score (nSPS) is 17.5. The molecule has 1 aliphatic rings. The maximum Gasteiger partial charge on any atom is 0.256 e. The zero-order valence-electron chi connectivity index (χ0n) is 12.4. The summed E-state index contributed by atoms with van der Waals surface area (Å²) in [6.45, 7) is 5.34. The largest absolute Gasteiger partial charge is 0.360 e. The van der Waals surface area contributed by atoms with Gasteiger partial charge in [-0.1, -0.05) is 12.1 Å². The second-order valence-electron chi connectivity index (χ2n) is 5.53. The first-order valence-corrected chi connectivity index (χ1v) is 7.42. The van der Waals surface area contributed by atoms with Crippen molar-refractivity contribution in [1.29, 1.82) is 0 Å². The molecule has 0 unspecified atom stereocenters. The zero-order chi connectivity index (χ0) is 14.8. The minimum absolute atomic E-state index is 0.0815. The molecule has 6 nitrogen and oxygen atoms in total. The molecule has 6 heteroatoms. The minimum atomic E-state index is -0.0815. The molecule has 0 saturated heterocycles. The topological polar surface area (TPSA) is 73.0 Å². The van der Waals surface area contributed by atoms with Gasteiger partial charge in [0.05, 0.1) is 5.69 Å². The Morgan fingerprint density at radius 1 is 1.57 bits per heavy atom. The molecule has 1 aliphatic heterocycles. The molecule has 21 heavy (non-hydrogen) atoms. The van der Waals surface area contributed by atoms with Crippen LogP contribution in [0, 0.1) is 12.8 Å². The lowest BCUT2D eigenvalue weighted by molar-refractivity contribution is 0.0941. The van der Waals surface area contributed by atoms with Crippen molar-refractivity contribution in [2.45, 2.75) is 39.7 Å². The maximum absolute atomic E-state index is 12.3. The van der Waals surface area contributed by atoms with Crippen LogP contribution in [-0.4, -0.2) is 27.2 Å². The number of hydrogen-bond acceptors (Lipinski definition) is 4. The molecule has 2 aromatic rings. The number of amides is 1. The molecular formula is C15H20N4O2. The Labute approximate surface area is 123 Å². The fourth-order valence-electron chi connectivity index (χ4n) is 2.88. The summed E-state index contributed by atoms with van der Waals surface area (Å²) >= 11 is 0. The molecule has 0 radical (unpaired) electrons. The Balaban J connectivity index is 1.61. The number of nitrogens with one attached hydrogen (secondary N) is 1. The van der Waals surface area contributed by atoms with Crippen LogP contribution in [-0.2, 0) is 19.4 Å². The van der Waals surface area contributed by atoms with Crippen LogP contribution in [0.3, 0.4) is 0 Å². The van der Waals surface area contributed by atoms with Gasteiger partial charge in [0.25, 0.3) is 5.91 Å². The smallest absolute Gasteiger partial charge is 0.256 e. The Morgan fingerprint density at radius 3 is 3.24 bits per heavy atom. The highest BCUT2D eigenvalue weighted by molar-refractivity contribution is 5.96. The summed E-state index contributed by atoms with van der Waals surface area (Å²) in [6, 6.07) is 0. The van der Waals surface area contributed by atoms with E-state index in [1.807, 2.05) is 19.3 Å². The first-order chi connectivity index (χ1) is 10.2. The van der Waals surface area contributed by atoms with E-state index in [9.17, 15) is 4.79 Å². The van der Waals surface area contributed by atoms with E-state index in [0.717, 1.165) is 25.2 Å². The second kappa shape index (κ2) is 5.71. The number of aryl methyl sites for hydroxylation is 3. The van der Waals surface area contributed by atoms with E-state index in [2.05, 4.69) is 20.0 Å². The molecule has 3 heterocycles. The van der Waals surface area contributed by atoms with Gasteiger partial charge >= 0.3 is 0 Å². The first-order valence-electron chi connectivity index (χ1n) is 7.42. The average molecular weight is 288 g/mol. The fourth-order valence-corrected chi connectivity index (χ4v) is 2.88. The van der Waals surface area contributed by atoms with Crippen molar-refractivity contribution in [3.8, 4) is 0 Å². The van der Waals surface area contributed by atoms with E-state index in [-0.39, 0.29) is 5.91 Å². The molecule has 1 amide bonds. The quantitative estimate of drug-likeness (QED) is 0.930. The van der Waals surface area contributed by atoms with Gasteiger partial charge in [-0.25, -0.2) is 4.98 Å². The third-order valence-electron chi connectivity index (χ3n) is 4.07. The van der Waals surface area contributed by atoms with Gasteiger partial charge in [0.15, 0.2) is 0 Å². The van der Waals surface area contributed by atoms with Crippen molar-refractivity contribution in [3.05, 3.63) is 35.2 Å². The number of aromatic nitrogens is 3. The third-order valence-corrected chi connectivity index (χ3v) is 4.07. The van der Waals surface area contributed by atoms with E-state index in [1.54, 1.807) is 6.92 Å². The van der Waals surface area contributed by atoms with Crippen LogP contribution in [0.1, 0.15) is 41.0 Å². The molecule has 2 aromatic heterocycles. The number of nitrogens with zero attached hydrogens (tertiary/aromatic N) is 3. The highest BCUT2D eigenvalue weighted by atomic mass is 16.5. The van der Waals surface area contributed by atoms with Crippen molar-refractivity contribution in [3.63, 3.8) is 0 Å². The summed E-state index contributed by atoms with van der Waals surface area (Å²) in [5, 5.41) is 6.90. The summed E-state index contributed by atoms with van der Waals surface area (Å²) in [5.74, 6) is 2.16. The molecule has 3 rings (SSSR count). The first kappa shape index (κ1) is 13.9. The van der Waals surface area contributed by atoms with Crippen LogP contribution in [0.5, 0.6) is 0 Å². The molecule has 0 aromatic carbocycles. The van der Waals surface area contributed by atoms with Crippen molar-refractivity contribution in [2.24, 2.45) is 5.92 Å². The summed E-state index contributed by atoms with van der Waals surface area (Å²) in [7, 11) is 0. The van der Waals surface area contributed by atoms with E-state index < -0.39 is 0 Å². The van der Waals surface area contributed by atoms with E-state index in [1.165, 1.54) is 0 Å². The average Bonchev–Trinajstić information content (AvgIpc) is 3.10. The van der Waals surface area contributed by atoms with E-state index in [4.69, 9.17) is 4.52 Å². The van der Waals surface area contributed by atoms with E-state index >= 15 is 0 Å². The van der Waals surface area contributed by atoms with Gasteiger partial charge in [0.2, 0.25) is 0 Å². The molecule has 0 aliphatic carbocycles. The number of fused-ring (bicyclic) bond motifs is 1. The van der Waals surface area contributed by atoms with Crippen LogP contribution in [0.15, 0.2) is 16.9 Å². The number of rotatable bonds is 4. The highest BCUT2D eigenvalue weighted by Gasteiger charge is 2.22. The molecule has 0 fully saturated rings. The predicted molar refractivity (Wildman–Crippen MR) is 77.0 cm³/mol. The third kappa shape index (κ3) is 2.70. The van der Waals surface area contributed by atoms with E-state index in [0.29, 0.717) is 35.9 Å². The van der Waals surface area contributed by atoms with Gasteiger partial charge in [0.1, 0.15) is 17.1 Å². The Hall–Kier alpha value is -2.11. The lowest BCUT2D eigenvalue weighted by Gasteiger charge is -2.23. The van der Waals surface area contributed by atoms with Crippen LogP contribution in [0.2, 0.25) is 0 Å². The molecule has 1 N–H and O–H groups in total.